The minimum absolute atomic E-state index is 0. The Morgan fingerprint density at radius 1 is 1.20 bits per heavy atom. The first-order valence-corrected chi connectivity index (χ1v) is 3.08. The van der Waals surface area contributed by atoms with Gasteiger partial charge in [0.05, 0.1) is 0 Å². The molecule has 50 valence electrons. The predicted octanol–water partition coefficient (Wildman–Crippen LogP) is 1.50. The molecule has 0 radical (unpaired) electrons. The molecule has 0 N–H and O–H groups in total. The Hall–Kier alpha value is 0.220. The number of allylic oxidation sites excluding steroid dienone is 1. The van der Waals surface area contributed by atoms with E-state index >= 15 is 0 Å². The zero-order valence-electron chi connectivity index (χ0n) is 5.38. The van der Waals surface area contributed by atoms with Crippen LogP contribution in [0.4, 0.5) is 0 Å². The van der Waals surface area contributed by atoms with Gasteiger partial charge in [-0.05, 0) is 12.0 Å². The van der Waals surface area contributed by atoms with Crippen molar-refractivity contribution in [1.29, 1.82) is 0 Å². The molecule has 0 atom stereocenters. The minimum atomic E-state index is 0. The Morgan fingerprint density at radius 3 is 2.30 bits per heavy atom. The standard InChI is InChI=1S/C9H10.Ca.2H/c1-2-6-9-7-4-3-5-8-9;;;/h2-5,7-8H,1,6H2;;;. The Bertz CT molecular complexity index is 179. The van der Waals surface area contributed by atoms with Gasteiger partial charge >= 0.3 is 37.7 Å². The van der Waals surface area contributed by atoms with Crippen LogP contribution >= 0.6 is 0 Å². The molecule has 0 aliphatic rings. The summed E-state index contributed by atoms with van der Waals surface area (Å²) in [6.07, 6.45) is 2.89. The van der Waals surface area contributed by atoms with Crippen LogP contribution in [0.15, 0.2) is 43.0 Å². The van der Waals surface area contributed by atoms with Crippen LogP contribution in [-0.4, -0.2) is 37.7 Å². The van der Waals surface area contributed by atoms with E-state index in [1.165, 1.54) is 5.56 Å². The summed E-state index contributed by atoms with van der Waals surface area (Å²) in [4.78, 5) is 0. The second-order valence-electron chi connectivity index (χ2n) is 1.98. The van der Waals surface area contributed by atoms with Crippen LogP contribution in [0.3, 0.4) is 0 Å². The molecule has 0 fully saturated rings. The van der Waals surface area contributed by atoms with Crippen molar-refractivity contribution in [3.8, 4) is 0 Å². The number of hydrogen-bond acceptors (Lipinski definition) is 0. The van der Waals surface area contributed by atoms with Crippen molar-refractivity contribution in [2.75, 3.05) is 0 Å². The molecule has 1 rings (SSSR count). The van der Waals surface area contributed by atoms with E-state index in [0.717, 1.165) is 6.42 Å². The number of rotatable bonds is 2. The summed E-state index contributed by atoms with van der Waals surface area (Å²) in [7, 11) is 0. The van der Waals surface area contributed by atoms with Crippen molar-refractivity contribution in [2.24, 2.45) is 0 Å². The van der Waals surface area contributed by atoms with E-state index in [9.17, 15) is 0 Å². The molecule has 0 aliphatic carbocycles. The van der Waals surface area contributed by atoms with Crippen molar-refractivity contribution in [3.63, 3.8) is 0 Å². The molecule has 0 bridgehead atoms. The van der Waals surface area contributed by atoms with Crippen LogP contribution in [0.5, 0.6) is 0 Å². The van der Waals surface area contributed by atoms with Crippen LogP contribution in [0, 0.1) is 0 Å². The van der Waals surface area contributed by atoms with Gasteiger partial charge in [-0.3, -0.25) is 0 Å². The maximum atomic E-state index is 3.66. The Balaban J connectivity index is 0.000000810. The Kier molecular flexibility index (Phi) is 6.10. The van der Waals surface area contributed by atoms with E-state index in [2.05, 4.69) is 18.7 Å². The summed E-state index contributed by atoms with van der Waals surface area (Å²) in [6.45, 7) is 3.66. The van der Waals surface area contributed by atoms with E-state index in [4.69, 9.17) is 0 Å². The van der Waals surface area contributed by atoms with E-state index in [1.807, 2.05) is 24.3 Å². The fourth-order valence-corrected chi connectivity index (χ4v) is 0.781. The zero-order chi connectivity index (χ0) is 6.53. The summed E-state index contributed by atoms with van der Waals surface area (Å²) in [5, 5.41) is 0. The van der Waals surface area contributed by atoms with Crippen LogP contribution in [0.25, 0.3) is 0 Å². The first-order valence-electron chi connectivity index (χ1n) is 3.08. The molecule has 10 heavy (non-hydrogen) atoms. The van der Waals surface area contributed by atoms with Crippen molar-refractivity contribution < 1.29 is 0 Å². The number of benzene rings is 1. The monoisotopic (exact) mass is 160 g/mol. The molecular weight excluding hydrogens is 148 g/mol. The van der Waals surface area contributed by atoms with Crippen LogP contribution in [-0.2, 0) is 6.42 Å². The van der Waals surface area contributed by atoms with Crippen molar-refractivity contribution >= 4 is 37.7 Å². The van der Waals surface area contributed by atoms with E-state index in [0.29, 0.717) is 0 Å². The molecule has 0 amide bonds. The van der Waals surface area contributed by atoms with Gasteiger partial charge in [0, 0.05) is 0 Å². The summed E-state index contributed by atoms with van der Waals surface area (Å²) in [5.41, 5.74) is 1.33. The van der Waals surface area contributed by atoms with Gasteiger partial charge in [0.15, 0.2) is 0 Å². The molecule has 0 spiro atoms. The molecule has 0 nitrogen and oxygen atoms in total. The summed E-state index contributed by atoms with van der Waals surface area (Å²) >= 11 is 0. The quantitative estimate of drug-likeness (QED) is 0.454. The van der Waals surface area contributed by atoms with Crippen molar-refractivity contribution in [2.45, 2.75) is 6.42 Å². The molecule has 0 saturated heterocycles. The fourth-order valence-electron chi connectivity index (χ4n) is 0.781. The Labute approximate surface area is 92.0 Å². The number of hydrogen-bond donors (Lipinski definition) is 0. The summed E-state index contributed by atoms with van der Waals surface area (Å²) in [6, 6.07) is 10.3. The topological polar surface area (TPSA) is 0 Å². The average molecular weight is 160 g/mol. The van der Waals surface area contributed by atoms with Gasteiger partial charge in [-0.2, -0.15) is 0 Å². The normalized spacial score (nSPS) is 8.00. The molecule has 0 aromatic heterocycles. The predicted molar refractivity (Wildman–Crippen MR) is 48.9 cm³/mol. The third-order valence-corrected chi connectivity index (χ3v) is 1.22. The fraction of sp³-hybridized carbons (Fsp3) is 0.111. The van der Waals surface area contributed by atoms with Gasteiger partial charge in [0.1, 0.15) is 0 Å². The summed E-state index contributed by atoms with van der Waals surface area (Å²) < 4.78 is 0. The van der Waals surface area contributed by atoms with Crippen LogP contribution in [0.1, 0.15) is 5.56 Å². The summed E-state index contributed by atoms with van der Waals surface area (Å²) in [5.74, 6) is 0. The van der Waals surface area contributed by atoms with Crippen molar-refractivity contribution in [1.82, 2.24) is 0 Å². The third-order valence-electron chi connectivity index (χ3n) is 1.22. The van der Waals surface area contributed by atoms with Crippen LogP contribution < -0.4 is 0 Å². The first-order chi connectivity index (χ1) is 4.43. The SMILES string of the molecule is C=CCc1ccccc1.[CaH2]. The third kappa shape index (κ3) is 3.40. The van der Waals surface area contributed by atoms with Gasteiger partial charge in [-0.1, -0.05) is 36.4 Å². The molecule has 1 aromatic carbocycles. The second kappa shape index (κ2) is 5.96. The Morgan fingerprint density at radius 2 is 1.80 bits per heavy atom. The van der Waals surface area contributed by atoms with E-state index < -0.39 is 0 Å². The van der Waals surface area contributed by atoms with Gasteiger partial charge in [-0.15, -0.1) is 6.58 Å². The average Bonchev–Trinajstić information content (AvgIpc) is 1.91. The molecule has 0 saturated carbocycles. The molecule has 1 aromatic rings. The zero-order valence-corrected chi connectivity index (χ0v) is 5.38. The van der Waals surface area contributed by atoms with Crippen LogP contribution in [0.2, 0.25) is 0 Å². The van der Waals surface area contributed by atoms with E-state index in [1.54, 1.807) is 0 Å². The van der Waals surface area contributed by atoms with Crippen molar-refractivity contribution in [3.05, 3.63) is 48.6 Å². The molecule has 0 unspecified atom stereocenters. The van der Waals surface area contributed by atoms with Gasteiger partial charge in [0.25, 0.3) is 0 Å². The van der Waals surface area contributed by atoms with E-state index in [-0.39, 0.29) is 37.7 Å². The molecular formula is C9H12Ca. The first kappa shape index (κ1) is 10.2. The molecule has 0 heterocycles. The molecule has 1 heteroatoms. The van der Waals surface area contributed by atoms with Gasteiger partial charge in [-0.25, -0.2) is 0 Å². The van der Waals surface area contributed by atoms with Gasteiger partial charge < -0.3 is 0 Å². The van der Waals surface area contributed by atoms with Gasteiger partial charge in [0.2, 0.25) is 0 Å². The molecule has 0 aliphatic heterocycles. The second-order valence-corrected chi connectivity index (χ2v) is 1.98. The maximum absolute atomic E-state index is 3.66.